The zero-order chi connectivity index (χ0) is 19.3. The highest BCUT2D eigenvalue weighted by Gasteiger charge is 2.28. The summed E-state index contributed by atoms with van der Waals surface area (Å²) in [5.41, 5.74) is 5.94. The van der Waals surface area contributed by atoms with Gasteiger partial charge in [0.2, 0.25) is 0 Å². The van der Waals surface area contributed by atoms with Gasteiger partial charge in [0.15, 0.2) is 6.61 Å². The van der Waals surface area contributed by atoms with Gasteiger partial charge in [-0.2, -0.15) is 0 Å². The van der Waals surface area contributed by atoms with Crippen LogP contribution in [0.15, 0.2) is 24.3 Å². The molecule has 2 atom stereocenters. The van der Waals surface area contributed by atoms with E-state index in [9.17, 15) is 9.59 Å². The summed E-state index contributed by atoms with van der Waals surface area (Å²) in [4.78, 5) is 26.5. The molecule has 1 aromatic rings. The second-order valence-corrected chi connectivity index (χ2v) is 7.91. The molecule has 1 fully saturated rings. The Balaban J connectivity index is 0.00000364. The normalized spacial score (nSPS) is 19.8. The summed E-state index contributed by atoms with van der Waals surface area (Å²) in [5.74, 6) is 0.408. The molecule has 2 amide bonds. The Labute approximate surface area is 168 Å². The van der Waals surface area contributed by atoms with Gasteiger partial charge >= 0.3 is 0 Å². The Morgan fingerprint density at radius 3 is 2.26 bits per heavy atom. The molecule has 0 aliphatic carbocycles. The van der Waals surface area contributed by atoms with Gasteiger partial charge in [0.05, 0.1) is 0 Å². The van der Waals surface area contributed by atoms with Gasteiger partial charge in [-0.1, -0.05) is 0 Å². The molecular formula is C20H32ClN3O3. The van der Waals surface area contributed by atoms with Crippen molar-refractivity contribution in [2.24, 2.45) is 5.73 Å². The Kier molecular flexibility index (Phi) is 8.57. The van der Waals surface area contributed by atoms with Crippen molar-refractivity contribution < 1.29 is 14.3 Å². The van der Waals surface area contributed by atoms with E-state index in [4.69, 9.17) is 10.5 Å². The summed E-state index contributed by atoms with van der Waals surface area (Å²) in [6.45, 7) is 8.29. The first-order chi connectivity index (χ1) is 12.2. The molecule has 1 heterocycles. The molecule has 0 bridgehead atoms. The van der Waals surface area contributed by atoms with E-state index in [0.717, 1.165) is 19.3 Å². The average Bonchev–Trinajstić information content (AvgIpc) is 2.57. The summed E-state index contributed by atoms with van der Waals surface area (Å²) in [6, 6.07) is 7.30. The zero-order valence-corrected chi connectivity index (χ0v) is 17.5. The summed E-state index contributed by atoms with van der Waals surface area (Å²) < 4.78 is 5.62. The van der Waals surface area contributed by atoms with Crippen LogP contribution >= 0.6 is 12.4 Å². The third-order valence-corrected chi connectivity index (χ3v) is 4.66. The Morgan fingerprint density at radius 2 is 1.74 bits per heavy atom. The van der Waals surface area contributed by atoms with Gasteiger partial charge in [-0.15, -0.1) is 12.4 Å². The molecule has 152 valence electrons. The first-order valence-corrected chi connectivity index (χ1v) is 9.28. The molecular weight excluding hydrogens is 366 g/mol. The summed E-state index contributed by atoms with van der Waals surface area (Å²) in [5, 5.41) is 2.80. The fourth-order valence-corrected chi connectivity index (χ4v) is 3.25. The van der Waals surface area contributed by atoms with Gasteiger partial charge in [0.1, 0.15) is 5.75 Å². The van der Waals surface area contributed by atoms with Gasteiger partial charge in [-0.05, 0) is 71.2 Å². The maximum atomic E-state index is 12.5. The van der Waals surface area contributed by atoms with Crippen LogP contribution in [0.1, 0.15) is 57.3 Å². The van der Waals surface area contributed by atoms with Crippen LogP contribution in [0.4, 0.5) is 0 Å². The number of amides is 2. The number of carbonyl (C=O) groups is 2. The standard InChI is InChI=1S/C20H31N3O3.ClH/c1-14-6-5-7-15(2)23(14)18(24)12-26-17-10-8-16(9-11-17)19(25)22-13-20(3,4)21;/h8-11,14-15H,5-7,12-13,21H2,1-4H3,(H,22,25);1H. The van der Waals surface area contributed by atoms with E-state index in [1.165, 1.54) is 0 Å². The van der Waals surface area contributed by atoms with Crippen LogP contribution in [-0.4, -0.2) is 47.5 Å². The van der Waals surface area contributed by atoms with Gasteiger partial charge in [-0.25, -0.2) is 0 Å². The molecule has 0 spiro atoms. The molecule has 0 saturated carbocycles. The number of nitrogens with two attached hydrogens (primary N) is 1. The monoisotopic (exact) mass is 397 g/mol. The predicted octanol–water partition coefficient (Wildman–Crippen LogP) is 2.74. The maximum absolute atomic E-state index is 12.5. The number of carbonyl (C=O) groups excluding carboxylic acids is 2. The number of piperidine rings is 1. The third-order valence-electron chi connectivity index (χ3n) is 4.66. The molecule has 1 aliphatic rings. The highest BCUT2D eigenvalue weighted by Crippen LogP contribution is 2.23. The number of benzene rings is 1. The lowest BCUT2D eigenvalue weighted by molar-refractivity contribution is -0.139. The number of rotatable bonds is 6. The van der Waals surface area contributed by atoms with Crippen LogP contribution in [0.2, 0.25) is 0 Å². The number of hydrogen-bond acceptors (Lipinski definition) is 4. The number of ether oxygens (including phenoxy) is 1. The molecule has 1 aliphatic heterocycles. The highest BCUT2D eigenvalue weighted by molar-refractivity contribution is 5.94. The first kappa shape index (κ1) is 23.2. The van der Waals surface area contributed by atoms with E-state index < -0.39 is 5.54 Å². The topological polar surface area (TPSA) is 84.7 Å². The molecule has 2 unspecified atom stereocenters. The largest absolute Gasteiger partial charge is 0.484 e. The van der Waals surface area contributed by atoms with E-state index in [1.54, 1.807) is 24.3 Å². The molecule has 6 nitrogen and oxygen atoms in total. The van der Waals surface area contributed by atoms with Gasteiger partial charge in [0, 0.05) is 29.7 Å². The van der Waals surface area contributed by atoms with Gasteiger partial charge < -0.3 is 20.7 Å². The number of nitrogens with one attached hydrogen (secondary N) is 1. The van der Waals surface area contributed by atoms with Crippen LogP contribution in [0.3, 0.4) is 0 Å². The maximum Gasteiger partial charge on any atom is 0.260 e. The predicted molar refractivity (Wildman–Crippen MR) is 109 cm³/mol. The van der Waals surface area contributed by atoms with Gasteiger partial charge in [0.25, 0.3) is 11.8 Å². The number of likely N-dealkylation sites (tertiary alicyclic amines) is 1. The molecule has 2 rings (SSSR count). The highest BCUT2D eigenvalue weighted by atomic mass is 35.5. The van der Waals surface area contributed by atoms with Crippen molar-refractivity contribution in [1.82, 2.24) is 10.2 Å². The number of halogens is 1. The molecule has 3 N–H and O–H groups in total. The van der Waals surface area contributed by atoms with Crippen molar-refractivity contribution in [3.05, 3.63) is 29.8 Å². The molecule has 7 heteroatoms. The van der Waals surface area contributed by atoms with Crippen molar-refractivity contribution in [2.75, 3.05) is 13.2 Å². The van der Waals surface area contributed by atoms with Crippen molar-refractivity contribution in [3.8, 4) is 5.75 Å². The van der Waals surface area contributed by atoms with Gasteiger partial charge in [-0.3, -0.25) is 9.59 Å². The number of nitrogens with zero attached hydrogens (tertiary/aromatic N) is 1. The average molecular weight is 398 g/mol. The molecule has 0 radical (unpaired) electrons. The Bertz CT molecular complexity index is 618. The Morgan fingerprint density at radius 1 is 1.19 bits per heavy atom. The summed E-state index contributed by atoms with van der Waals surface area (Å²) in [7, 11) is 0. The lowest BCUT2D eigenvalue weighted by Crippen LogP contribution is -2.49. The first-order valence-electron chi connectivity index (χ1n) is 9.28. The molecule has 1 saturated heterocycles. The van der Waals surface area contributed by atoms with Crippen LogP contribution in [0.25, 0.3) is 0 Å². The Hall–Kier alpha value is -1.79. The second-order valence-electron chi connectivity index (χ2n) is 7.91. The van der Waals surface area contributed by atoms with E-state index in [2.05, 4.69) is 19.2 Å². The van der Waals surface area contributed by atoms with Crippen molar-refractivity contribution >= 4 is 24.2 Å². The van der Waals surface area contributed by atoms with Crippen molar-refractivity contribution in [1.29, 1.82) is 0 Å². The lowest BCUT2D eigenvalue weighted by atomic mass is 9.97. The lowest BCUT2D eigenvalue weighted by Gasteiger charge is -2.38. The van der Waals surface area contributed by atoms with E-state index in [-0.39, 0.29) is 42.9 Å². The second kappa shape index (κ2) is 9.95. The van der Waals surface area contributed by atoms with Crippen molar-refractivity contribution in [3.63, 3.8) is 0 Å². The van der Waals surface area contributed by atoms with E-state index in [0.29, 0.717) is 17.9 Å². The SMILES string of the molecule is CC1CCCC(C)N1C(=O)COc1ccc(C(=O)NCC(C)(C)N)cc1.Cl. The van der Waals surface area contributed by atoms with E-state index >= 15 is 0 Å². The van der Waals surface area contributed by atoms with Crippen LogP contribution in [0, 0.1) is 0 Å². The third kappa shape index (κ3) is 7.03. The van der Waals surface area contributed by atoms with E-state index in [1.807, 2.05) is 18.7 Å². The summed E-state index contributed by atoms with van der Waals surface area (Å²) >= 11 is 0. The minimum atomic E-state index is -0.457. The molecule has 0 aromatic heterocycles. The zero-order valence-electron chi connectivity index (χ0n) is 16.7. The number of hydrogen-bond donors (Lipinski definition) is 2. The van der Waals surface area contributed by atoms with Crippen LogP contribution < -0.4 is 15.8 Å². The minimum Gasteiger partial charge on any atom is -0.484 e. The van der Waals surface area contributed by atoms with Crippen LogP contribution in [-0.2, 0) is 4.79 Å². The molecule has 27 heavy (non-hydrogen) atoms. The molecule has 1 aromatic carbocycles. The van der Waals surface area contributed by atoms with Crippen LogP contribution in [0.5, 0.6) is 5.75 Å². The smallest absolute Gasteiger partial charge is 0.260 e. The minimum absolute atomic E-state index is 0. The quantitative estimate of drug-likeness (QED) is 0.772. The summed E-state index contributed by atoms with van der Waals surface area (Å²) in [6.07, 6.45) is 3.25. The fourth-order valence-electron chi connectivity index (χ4n) is 3.25. The van der Waals surface area contributed by atoms with Crippen molar-refractivity contribution in [2.45, 2.75) is 64.6 Å². The fraction of sp³-hybridized carbons (Fsp3) is 0.600.